The van der Waals surface area contributed by atoms with Gasteiger partial charge in [0.25, 0.3) is 0 Å². The lowest BCUT2D eigenvalue weighted by Gasteiger charge is -2.22. The van der Waals surface area contributed by atoms with Crippen LogP contribution in [0.4, 0.5) is 16.3 Å². The number of hydrogen-bond donors (Lipinski definition) is 3. The molecule has 1 fully saturated rings. The van der Waals surface area contributed by atoms with Crippen LogP contribution in [0.2, 0.25) is 0 Å². The number of nitrogens with zero attached hydrogens (tertiary/aromatic N) is 3. The molecule has 2 amide bonds. The Balaban J connectivity index is 1.23. The van der Waals surface area contributed by atoms with Crippen LogP contribution in [0.5, 0.6) is 17.2 Å². The number of hydrogen-bond acceptors (Lipinski definition) is 6. The smallest absolute Gasteiger partial charge is 0.324 e. The summed E-state index contributed by atoms with van der Waals surface area (Å²) < 4.78 is 13.6. The van der Waals surface area contributed by atoms with Gasteiger partial charge in [-0.15, -0.1) is 0 Å². The number of pyridine rings is 1. The number of benzene rings is 2. The minimum absolute atomic E-state index is 0.194. The average Bonchev–Trinajstić information content (AvgIpc) is 3.40. The monoisotopic (exact) mass is 554 g/mol. The molecule has 4 aromatic rings. The molecule has 9 nitrogen and oxygen atoms in total. The van der Waals surface area contributed by atoms with Crippen LogP contribution < -0.4 is 25.4 Å². The summed E-state index contributed by atoms with van der Waals surface area (Å²) in [6.07, 6.45) is 6.84. The van der Waals surface area contributed by atoms with Crippen molar-refractivity contribution in [3.63, 3.8) is 0 Å². The van der Waals surface area contributed by atoms with E-state index in [1.165, 1.54) is 12.8 Å². The summed E-state index contributed by atoms with van der Waals surface area (Å²) in [5, 5.41) is 14.1. The van der Waals surface area contributed by atoms with Gasteiger partial charge in [-0.1, -0.05) is 20.8 Å². The number of carbonyl (C=O) groups is 1. The Bertz CT molecular complexity index is 1410. The fourth-order valence-corrected chi connectivity index (χ4v) is 4.66. The van der Waals surface area contributed by atoms with Gasteiger partial charge in [-0.25, -0.2) is 9.48 Å². The van der Waals surface area contributed by atoms with Gasteiger partial charge in [0, 0.05) is 29.6 Å². The van der Waals surface area contributed by atoms with Crippen LogP contribution in [0.1, 0.15) is 45.7 Å². The summed E-state index contributed by atoms with van der Waals surface area (Å²) in [4.78, 5) is 17.0. The van der Waals surface area contributed by atoms with Crippen molar-refractivity contribution in [1.29, 1.82) is 0 Å². The van der Waals surface area contributed by atoms with Crippen molar-refractivity contribution in [3.8, 4) is 22.9 Å². The third kappa shape index (κ3) is 7.85. The second kappa shape index (κ2) is 12.9. The largest absolute Gasteiger partial charge is 0.494 e. The highest BCUT2D eigenvalue weighted by Gasteiger charge is 2.22. The van der Waals surface area contributed by atoms with E-state index in [0.717, 1.165) is 42.6 Å². The number of anilines is 2. The van der Waals surface area contributed by atoms with Crippen LogP contribution in [0, 0.1) is 5.92 Å². The molecule has 1 saturated heterocycles. The standard InChI is InChI=1S/C32H38N6O3/c1-32(2,3)29-22-30(36-31(39)35-24-4-8-27(9-5-24)41-28-14-19-34-20-15-28)38(37-29)25-6-10-26(11-7-25)40-21-16-23-12-17-33-18-13-23/h4-11,14-15,19-20,22-23,33H,12-13,16-18,21H2,1-3H3,(H2,35,36,39). The van der Waals surface area contributed by atoms with E-state index < -0.39 is 0 Å². The molecule has 214 valence electrons. The SMILES string of the molecule is CC(C)(C)c1cc(NC(=O)Nc2ccc(Oc3ccncc3)cc2)n(-c2ccc(OCCC3CCNCC3)cc2)n1. The Labute approximate surface area is 241 Å². The van der Waals surface area contributed by atoms with Crippen molar-refractivity contribution in [2.24, 2.45) is 5.92 Å². The predicted octanol–water partition coefficient (Wildman–Crippen LogP) is 6.77. The zero-order chi connectivity index (χ0) is 28.7. The summed E-state index contributed by atoms with van der Waals surface area (Å²) >= 11 is 0. The van der Waals surface area contributed by atoms with Gasteiger partial charge < -0.3 is 20.1 Å². The molecule has 0 radical (unpaired) electrons. The van der Waals surface area contributed by atoms with Gasteiger partial charge in [0.05, 0.1) is 18.0 Å². The third-order valence-electron chi connectivity index (χ3n) is 7.05. The maximum Gasteiger partial charge on any atom is 0.324 e. The van der Waals surface area contributed by atoms with Crippen LogP contribution in [-0.4, -0.2) is 40.5 Å². The maximum atomic E-state index is 13.0. The molecule has 2 aromatic heterocycles. The Morgan fingerprint density at radius 2 is 1.59 bits per heavy atom. The van der Waals surface area contributed by atoms with E-state index in [2.05, 4.69) is 41.7 Å². The topological polar surface area (TPSA) is 102 Å². The van der Waals surface area contributed by atoms with Crippen molar-refractivity contribution in [3.05, 3.63) is 84.8 Å². The third-order valence-corrected chi connectivity index (χ3v) is 7.05. The Hall–Kier alpha value is -4.37. The van der Waals surface area contributed by atoms with Gasteiger partial charge >= 0.3 is 6.03 Å². The van der Waals surface area contributed by atoms with Crippen molar-refractivity contribution in [2.75, 3.05) is 30.3 Å². The zero-order valence-corrected chi connectivity index (χ0v) is 23.9. The lowest BCUT2D eigenvalue weighted by Crippen LogP contribution is -2.28. The molecular weight excluding hydrogens is 516 g/mol. The quantitative estimate of drug-likeness (QED) is 0.211. The number of carbonyl (C=O) groups excluding carboxylic acids is 1. The van der Waals surface area contributed by atoms with Crippen molar-refractivity contribution in [2.45, 2.75) is 45.4 Å². The van der Waals surface area contributed by atoms with Gasteiger partial charge in [0.1, 0.15) is 23.1 Å². The van der Waals surface area contributed by atoms with Crippen LogP contribution in [0.25, 0.3) is 5.69 Å². The average molecular weight is 555 g/mol. The van der Waals surface area contributed by atoms with E-state index in [1.54, 1.807) is 53.5 Å². The summed E-state index contributed by atoms with van der Waals surface area (Å²) in [5.41, 5.74) is 2.14. The fraction of sp³-hybridized carbons (Fsp3) is 0.344. The van der Waals surface area contributed by atoms with Gasteiger partial charge in [-0.2, -0.15) is 5.10 Å². The highest BCUT2D eigenvalue weighted by atomic mass is 16.5. The van der Waals surface area contributed by atoms with E-state index in [9.17, 15) is 4.79 Å². The lowest BCUT2D eigenvalue weighted by atomic mass is 9.92. The molecule has 2 aromatic carbocycles. The second-order valence-electron chi connectivity index (χ2n) is 11.3. The van der Waals surface area contributed by atoms with Crippen molar-refractivity contribution < 1.29 is 14.3 Å². The predicted molar refractivity (Wildman–Crippen MR) is 161 cm³/mol. The van der Waals surface area contributed by atoms with Crippen molar-refractivity contribution >= 4 is 17.5 Å². The Kier molecular flexibility index (Phi) is 8.84. The summed E-state index contributed by atoms with van der Waals surface area (Å²) in [5.74, 6) is 3.49. The number of rotatable bonds is 9. The summed E-state index contributed by atoms with van der Waals surface area (Å²) in [6, 6.07) is 20.1. The van der Waals surface area contributed by atoms with E-state index in [-0.39, 0.29) is 11.4 Å². The normalized spacial score (nSPS) is 13.9. The van der Waals surface area contributed by atoms with Gasteiger partial charge in [-0.3, -0.25) is 10.3 Å². The van der Waals surface area contributed by atoms with Crippen LogP contribution in [0.3, 0.4) is 0 Å². The molecule has 3 heterocycles. The molecule has 1 aliphatic rings. The van der Waals surface area contributed by atoms with Crippen LogP contribution in [0.15, 0.2) is 79.1 Å². The molecule has 0 spiro atoms. The number of ether oxygens (including phenoxy) is 2. The molecule has 0 bridgehead atoms. The molecule has 1 aliphatic heterocycles. The number of nitrogens with one attached hydrogen (secondary N) is 3. The highest BCUT2D eigenvalue weighted by Crippen LogP contribution is 2.28. The second-order valence-corrected chi connectivity index (χ2v) is 11.3. The number of piperidine rings is 1. The fourth-order valence-electron chi connectivity index (χ4n) is 4.66. The maximum absolute atomic E-state index is 13.0. The first kappa shape index (κ1) is 28.2. The van der Waals surface area contributed by atoms with E-state index in [0.29, 0.717) is 29.6 Å². The summed E-state index contributed by atoms with van der Waals surface area (Å²) in [6.45, 7) is 9.20. The first-order chi connectivity index (χ1) is 19.8. The number of aromatic nitrogens is 3. The van der Waals surface area contributed by atoms with Crippen molar-refractivity contribution in [1.82, 2.24) is 20.1 Å². The van der Waals surface area contributed by atoms with Gasteiger partial charge in [-0.05, 0) is 98.9 Å². The molecule has 9 heteroatoms. The van der Waals surface area contributed by atoms with E-state index >= 15 is 0 Å². The number of amides is 2. The minimum Gasteiger partial charge on any atom is -0.494 e. The van der Waals surface area contributed by atoms with E-state index in [1.807, 2.05) is 30.3 Å². The van der Waals surface area contributed by atoms with Gasteiger partial charge in [0.15, 0.2) is 0 Å². The molecule has 0 unspecified atom stereocenters. The highest BCUT2D eigenvalue weighted by molar-refractivity contribution is 5.99. The molecule has 41 heavy (non-hydrogen) atoms. The molecule has 0 aliphatic carbocycles. The molecular formula is C32H38N6O3. The first-order valence-corrected chi connectivity index (χ1v) is 14.1. The van der Waals surface area contributed by atoms with Crippen LogP contribution >= 0.6 is 0 Å². The molecule has 5 rings (SSSR count). The summed E-state index contributed by atoms with van der Waals surface area (Å²) in [7, 11) is 0. The van der Waals surface area contributed by atoms with E-state index in [4.69, 9.17) is 14.6 Å². The first-order valence-electron chi connectivity index (χ1n) is 14.1. The minimum atomic E-state index is -0.368. The van der Waals surface area contributed by atoms with Crippen LogP contribution in [-0.2, 0) is 5.41 Å². The zero-order valence-electron chi connectivity index (χ0n) is 23.9. The Morgan fingerprint density at radius 1 is 0.927 bits per heavy atom. The lowest BCUT2D eigenvalue weighted by molar-refractivity contribution is 0.252. The van der Waals surface area contributed by atoms with Gasteiger partial charge in [0.2, 0.25) is 0 Å². The Morgan fingerprint density at radius 3 is 2.27 bits per heavy atom. The molecule has 0 saturated carbocycles. The molecule has 3 N–H and O–H groups in total. The molecule has 0 atom stereocenters. The number of urea groups is 1.